The number of allylic oxidation sites excluding steroid dienone is 3. The summed E-state index contributed by atoms with van der Waals surface area (Å²) in [4.78, 5) is 1.19. The van der Waals surface area contributed by atoms with Gasteiger partial charge >= 0.3 is 0 Å². The summed E-state index contributed by atoms with van der Waals surface area (Å²) in [6.45, 7) is 5.57. The SMILES string of the molecule is C=C(O)CC/C(=C/C)c1cc2c(P)c(OC)c(OC)cc2s1. The van der Waals surface area contributed by atoms with Crippen LogP contribution in [0.25, 0.3) is 15.7 Å². The van der Waals surface area contributed by atoms with Gasteiger partial charge in [0, 0.05) is 32.8 Å². The van der Waals surface area contributed by atoms with Gasteiger partial charge in [-0.2, -0.15) is 0 Å². The number of thiophene rings is 1. The van der Waals surface area contributed by atoms with Gasteiger partial charge < -0.3 is 14.6 Å². The van der Waals surface area contributed by atoms with E-state index in [9.17, 15) is 5.11 Å². The van der Waals surface area contributed by atoms with E-state index in [4.69, 9.17) is 9.47 Å². The Hall–Kier alpha value is -1.51. The Morgan fingerprint density at radius 3 is 2.59 bits per heavy atom. The summed E-state index contributed by atoms with van der Waals surface area (Å²) in [5.41, 5.74) is 1.21. The molecular weight excluding hydrogens is 315 g/mol. The van der Waals surface area contributed by atoms with E-state index in [1.54, 1.807) is 25.6 Å². The maximum atomic E-state index is 9.31. The molecule has 1 heterocycles. The number of hydrogen-bond acceptors (Lipinski definition) is 4. The minimum absolute atomic E-state index is 0.218. The van der Waals surface area contributed by atoms with Gasteiger partial charge in [-0.05, 0) is 25.0 Å². The Bertz CT molecular complexity index is 731. The second-order valence-electron chi connectivity index (χ2n) is 4.93. The number of ether oxygens (including phenoxy) is 2. The zero-order valence-electron chi connectivity index (χ0n) is 13.1. The van der Waals surface area contributed by atoms with Crippen LogP contribution in [-0.4, -0.2) is 19.3 Å². The Balaban J connectivity index is 2.50. The lowest BCUT2D eigenvalue weighted by molar-refractivity contribution is 0.358. The van der Waals surface area contributed by atoms with Crippen molar-refractivity contribution in [1.82, 2.24) is 0 Å². The largest absolute Gasteiger partial charge is 0.513 e. The van der Waals surface area contributed by atoms with Crippen LogP contribution < -0.4 is 14.8 Å². The standard InChI is InChI=1S/C17H21O3PS/c1-5-11(7-6-10(2)18)14-8-12-15(22-14)9-13(19-3)16(20-4)17(12)21/h5,8-9,18H,2,6-7,21H2,1,3-4H3/b11-5-. The molecule has 3 nitrogen and oxygen atoms in total. The molecule has 0 aliphatic carbocycles. The normalized spacial score (nSPS) is 11.7. The van der Waals surface area contributed by atoms with Crippen LogP contribution in [0.4, 0.5) is 0 Å². The molecular formula is C17H21O3PS. The molecule has 1 aromatic carbocycles. The van der Waals surface area contributed by atoms with Crippen molar-refractivity contribution in [1.29, 1.82) is 0 Å². The number of methoxy groups -OCH3 is 2. The maximum Gasteiger partial charge on any atom is 0.168 e. The van der Waals surface area contributed by atoms with Crippen LogP contribution in [0.5, 0.6) is 11.5 Å². The van der Waals surface area contributed by atoms with E-state index in [0.717, 1.165) is 33.3 Å². The van der Waals surface area contributed by atoms with Crippen LogP contribution in [0.3, 0.4) is 0 Å². The highest BCUT2D eigenvalue weighted by Crippen LogP contribution is 2.39. The molecule has 0 fully saturated rings. The van der Waals surface area contributed by atoms with E-state index in [0.29, 0.717) is 6.42 Å². The quantitative estimate of drug-likeness (QED) is 0.615. The van der Waals surface area contributed by atoms with Crippen LogP contribution in [0, 0.1) is 0 Å². The molecule has 0 saturated heterocycles. The summed E-state index contributed by atoms with van der Waals surface area (Å²) in [6, 6.07) is 4.17. The first-order chi connectivity index (χ1) is 10.5. The maximum absolute atomic E-state index is 9.31. The van der Waals surface area contributed by atoms with Crippen molar-refractivity contribution in [2.75, 3.05) is 14.2 Å². The molecule has 5 heteroatoms. The average Bonchev–Trinajstić information content (AvgIpc) is 2.91. The monoisotopic (exact) mass is 336 g/mol. The molecule has 0 radical (unpaired) electrons. The number of benzene rings is 1. The smallest absolute Gasteiger partial charge is 0.168 e. The van der Waals surface area contributed by atoms with E-state index < -0.39 is 0 Å². The molecule has 1 unspecified atom stereocenters. The van der Waals surface area contributed by atoms with E-state index in [2.05, 4.69) is 28.0 Å². The number of rotatable bonds is 6. The fourth-order valence-electron chi connectivity index (χ4n) is 2.37. The second-order valence-corrected chi connectivity index (χ2v) is 6.59. The van der Waals surface area contributed by atoms with Crippen LogP contribution in [0.1, 0.15) is 24.6 Å². The molecule has 0 spiro atoms. The topological polar surface area (TPSA) is 38.7 Å². The Morgan fingerprint density at radius 2 is 2.05 bits per heavy atom. The van der Waals surface area contributed by atoms with Crippen molar-refractivity contribution >= 4 is 41.5 Å². The zero-order valence-corrected chi connectivity index (χ0v) is 15.1. The van der Waals surface area contributed by atoms with Gasteiger partial charge in [0.1, 0.15) is 0 Å². The van der Waals surface area contributed by atoms with Crippen molar-refractivity contribution in [2.45, 2.75) is 19.8 Å². The van der Waals surface area contributed by atoms with Crippen molar-refractivity contribution in [2.24, 2.45) is 0 Å². The molecule has 1 N–H and O–H groups in total. The molecule has 118 valence electrons. The highest BCUT2D eigenvalue weighted by molar-refractivity contribution is 7.29. The summed E-state index contributed by atoms with van der Waals surface area (Å²) in [5.74, 6) is 1.70. The van der Waals surface area contributed by atoms with Gasteiger partial charge in [-0.3, -0.25) is 0 Å². The molecule has 22 heavy (non-hydrogen) atoms. The van der Waals surface area contributed by atoms with Gasteiger partial charge in [0.25, 0.3) is 0 Å². The van der Waals surface area contributed by atoms with Crippen LogP contribution >= 0.6 is 20.6 Å². The van der Waals surface area contributed by atoms with Gasteiger partial charge in [-0.1, -0.05) is 12.7 Å². The number of aliphatic hydroxyl groups is 1. The summed E-state index contributed by atoms with van der Waals surface area (Å²) in [6.07, 6.45) is 3.44. The lowest BCUT2D eigenvalue weighted by atomic mass is 10.1. The molecule has 0 aliphatic heterocycles. The fourth-order valence-corrected chi connectivity index (χ4v) is 4.18. The molecule has 0 saturated carbocycles. The van der Waals surface area contributed by atoms with Gasteiger partial charge in [0.2, 0.25) is 0 Å². The lowest BCUT2D eigenvalue weighted by Crippen LogP contribution is -2.02. The summed E-state index contributed by atoms with van der Waals surface area (Å²) in [7, 11) is 6.03. The predicted molar refractivity (Wildman–Crippen MR) is 98.9 cm³/mol. The molecule has 0 amide bonds. The third kappa shape index (κ3) is 3.29. The van der Waals surface area contributed by atoms with Crippen LogP contribution in [-0.2, 0) is 0 Å². The van der Waals surface area contributed by atoms with E-state index in [-0.39, 0.29) is 5.76 Å². The molecule has 2 aromatic rings. The third-order valence-corrected chi connectivity index (χ3v) is 5.28. The van der Waals surface area contributed by atoms with Gasteiger partial charge in [-0.25, -0.2) is 0 Å². The summed E-state index contributed by atoms with van der Waals surface area (Å²) < 4.78 is 12.0. The van der Waals surface area contributed by atoms with Gasteiger partial charge in [0.15, 0.2) is 11.5 Å². The van der Waals surface area contributed by atoms with E-state index in [1.165, 1.54) is 10.5 Å². The first-order valence-electron chi connectivity index (χ1n) is 6.98. The highest BCUT2D eigenvalue weighted by atomic mass is 32.1. The fraction of sp³-hybridized carbons (Fsp3) is 0.294. The lowest BCUT2D eigenvalue weighted by Gasteiger charge is -2.10. The van der Waals surface area contributed by atoms with Crippen molar-refractivity contribution < 1.29 is 14.6 Å². The van der Waals surface area contributed by atoms with Crippen molar-refractivity contribution in [3.8, 4) is 11.5 Å². The second kappa shape index (κ2) is 7.17. The minimum atomic E-state index is 0.218. The first-order valence-corrected chi connectivity index (χ1v) is 8.37. The highest BCUT2D eigenvalue weighted by Gasteiger charge is 2.15. The Morgan fingerprint density at radius 1 is 1.32 bits per heavy atom. The number of fused-ring (bicyclic) bond motifs is 1. The third-order valence-electron chi connectivity index (χ3n) is 3.55. The Kier molecular flexibility index (Phi) is 5.49. The minimum Gasteiger partial charge on any atom is -0.513 e. The Labute approximate surface area is 137 Å². The van der Waals surface area contributed by atoms with E-state index in [1.807, 2.05) is 13.0 Å². The van der Waals surface area contributed by atoms with Gasteiger partial charge in [-0.15, -0.1) is 20.6 Å². The molecule has 1 atom stereocenters. The zero-order chi connectivity index (χ0) is 16.3. The number of aliphatic hydroxyl groups excluding tert-OH is 1. The molecule has 1 aromatic heterocycles. The molecule has 0 aliphatic rings. The molecule has 2 rings (SSSR count). The summed E-state index contributed by atoms with van der Waals surface area (Å²) >= 11 is 1.72. The van der Waals surface area contributed by atoms with Crippen LogP contribution in [0.15, 0.2) is 30.5 Å². The van der Waals surface area contributed by atoms with Gasteiger partial charge in [0.05, 0.1) is 20.0 Å². The first kappa shape index (κ1) is 16.9. The molecule has 0 bridgehead atoms. The summed E-state index contributed by atoms with van der Waals surface area (Å²) in [5, 5.41) is 11.5. The predicted octanol–water partition coefficient (Wildman–Crippen LogP) is 4.67. The average molecular weight is 336 g/mol. The van der Waals surface area contributed by atoms with Crippen molar-refractivity contribution in [3.05, 3.63) is 35.4 Å². The number of hydrogen-bond donors (Lipinski definition) is 1. The van der Waals surface area contributed by atoms with Crippen molar-refractivity contribution in [3.63, 3.8) is 0 Å². The van der Waals surface area contributed by atoms with E-state index >= 15 is 0 Å². The van der Waals surface area contributed by atoms with Crippen LogP contribution in [0.2, 0.25) is 0 Å².